The normalized spacial score (nSPS) is 23.8. The van der Waals surface area contributed by atoms with Crippen LogP contribution in [0.3, 0.4) is 0 Å². The van der Waals surface area contributed by atoms with Crippen molar-refractivity contribution in [1.82, 2.24) is 19.6 Å². The van der Waals surface area contributed by atoms with Crippen molar-refractivity contribution in [1.29, 1.82) is 0 Å². The molecule has 0 radical (unpaired) electrons. The van der Waals surface area contributed by atoms with Crippen molar-refractivity contribution in [3.63, 3.8) is 0 Å². The van der Waals surface area contributed by atoms with Crippen LogP contribution in [0.1, 0.15) is 65.8 Å². The largest absolute Gasteiger partial charge is 0.369 e. The van der Waals surface area contributed by atoms with E-state index in [1.54, 1.807) is 6.92 Å². The summed E-state index contributed by atoms with van der Waals surface area (Å²) in [6.07, 6.45) is 4.76. The van der Waals surface area contributed by atoms with E-state index in [9.17, 15) is 9.59 Å². The molecular formula is C29H38ClN5O2. The Morgan fingerprint density at radius 1 is 1.05 bits per heavy atom. The number of carbonyl (C=O) groups is 2. The summed E-state index contributed by atoms with van der Waals surface area (Å²) in [6.45, 7) is 11.1. The van der Waals surface area contributed by atoms with Crippen LogP contribution >= 0.6 is 11.6 Å². The van der Waals surface area contributed by atoms with Gasteiger partial charge in [0, 0.05) is 74.2 Å². The van der Waals surface area contributed by atoms with E-state index in [2.05, 4.69) is 27.5 Å². The minimum Gasteiger partial charge on any atom is -0.369 e. The van der Waals surface area contributed by atoms with E-state index < -0.39 is 0 Å². The first kappa shape index (κ1) is 24.9. The lowest BCUT2D eigenvalue weighted by molar-refractivity contribution is -0.118. The van der Waals surface area contributed by atoms with Gasteiger partial charge in [-0.25, -0.2) is 0 Å². The number of aromatic nitrogens is 2. The molecule has 2 aromatic rings. The van der Waals surface area contributed by atoms with E-state index in [0.29, 0.717) is 24.0 Å². The zero-order valence-corrected chi connectivity index (χ0v) is 22.8. The van der Waals surface area contributed by atoms with Crippen LogP contribution in [0.25, 0.3) is 0 Å². The summed E-state index contributed by atoms with van der Waals surface area (Å²) in [6, 6.07) is 6.16. The second-order valence-corrected chi connectivity index (χ2v) is 12.0. The predicted molar refractivity (Wildman–Crippen MR) is 146 cm³/mol. The number of halogens is 1. The molecule has 37 heavy (non-hydrogen) atoms. The van der Waals surface area contributed by atoms with Gasteiger partial charge in [-0.3, -0.25) is 14.4 Å². The quantitative estimate of drug-likeness (QED) is 0.545. The first-order valence-electron chi connectivity index (χ1n) is 14.0. The Hall–Kier alpha value is -2.38. The molecule has 7 nitrogen and oxygen atoms in total. The molecule has 3 heterocycles. The molecule has 2 aliphatic heterocycles. The van der Waals surface area contributed by atoms with Crippen LogP contribution in [0.15, 0.2) is 18.2 Å². The lowest BCUT2D eigenvalue weighted by Gasteiger charge is -2.37. The van der Waals surface area contributed by atoms with Gasteiger partial charge in [0.05, 0.1) is 6.54 Å². The summed E-state index contributed by atoms with van der Waals surface area (Å²) in [4.78, 5) is 32.0. The van der Waals surface area contributed by atoms with Crippen molar-refractivity contribution in [2.45, 2.75) is 58.4 Å². The molecule has 1 aromatic heterocycles. The Labute approximate surface area is 224 Å². The second kappa shape index (κ2) is 10.1. The highest BCUT2D eigenvalue weighted by molar-refractivity contribution is 6.31. The first-order valence-corrected chi connectivity index (χ1v) is 14.4. The molecule has 4 aliphatic rings. The molecule has 2 atom stereocenters. The zero-order valence-electron chi connectivity index (χ0n) is 22.1. The van der Waals surface area contributed by atoms with Crippen molar-refractivity contribution in [2.24, 2.45) is 11.8 Å². The fourth-order valence-corrected chi connectivity index (χ4v) is 6.99. The standard InChI is InChI=1S/C29H38ClN5O2/c1-19(36)16-21-6-8-34(9-7-21)29(37)28-27-23-17-22(23)18-26(27)35(31-28)15-12-32-10-13-33(14-11-32)25-5-3-4-24(30)20(25)2/h3-5,21-23H,6-18H2,1-2H3/t22-,23-/m1/s1. The number of anilines is 1. The molecular weight excluding hydrogens is 486 g/mol. The highest BCUT2D eigenvalue weighted by Gasteiger charge is 2.50. The minimum absolute atomic E-state index is 0.106. The number of fused-ring (bicyclic) bond motifs is 3. The molecule has 0 N–H and O–H groups in total. The molecule has 8 heteroatoms. The Balaban J connectivity index is 1.08. The number of rotatable bonds is 7. The van der Waals surface area contributed by atoms with Gasteiger partial charge in [-0.1, -0.05) is 17.7 Å². The lowest BCUT2D eigenvalue weighted by Crippen LogP contribution is -2.47. The Kier molecular flexibility index (Phi) is 6.78. The van der Waals surface area contributed by atoms with Crippen LogP contribution in [-0.4, -0.2) is 77.1 Å². The summed E-state index contributed by atoms with van der Waals surface area (Å²) < 4.78 is 2.16. The number of ketones is 1. The molecule has 2 saturated heterocycles. The maximum atomic E-state index is 13.6. The van der Waals surface area contributed by atoms with E-state index in [0.717, 1.165) is 88.1 Å². The number of carbonyl (C=O) groups excluding carboxylic acids is 2. The summed E-state index contributed by atoms with van der Waals surface area (Å²) >= 11 is 6.35. The number of likely N-dealkylation sites (tertiary alicyclic amines) is 1. The molecule has 0 bridgehead atoms. The van der Waals surface area contributed by atoms with E-state index in [-0.39, 0.29) is 11.7 Å². The molecule has 6 rings (SSSR count). The molecule has 0 spiro atoms. The Morgan fingerprint density at radius 2 is 1.81 bits per heavy atom. The minimum atomic E-state index is 0.106. The topological polar surface area (TPSA) is 61.7 Å². The number of hydrogen-bond donors (Lipinski definition) is 0. The van der Waals surface area contributed by atoms with Gasteiger partial charge in [-0.15, -0.1) is 0 Å². The van der Waals surface area contributed by atoms with Crippen LogP contribution in [0, 0.1) is 18.8 Å². The third-order valence-electron chi connectivity index (χ3n) is 9.11. The molecule has 3 fully saturated rings. The van der Waals surface area contributed by atoms with Gasteiger partial charge < -0.3 is 14.6 Å². The van der Waals surface area contributed by atoms with Crippen molar-refractivity contribution in [3.8, 4) is 0 Å². The summed E-state index contributed by atoms with van der Waals surface area (Å²) in [5.41, 5.74) is 5.67. The molecule has 1 saturated carbocycles. The fourth-order valence-electron chi connectivity index (χ4n) is 6.82. The highest BCUT2D eigenvalue weighted by Crippen LogP contribution is 2.57. The molecule has 2 aliphatic carbocycles. The van der Waals surface area contributed by atoms with E-state index >= 15 is 0 Å². The van der Waals surface area contributed by atoms with Crippen molar-refractivity contribution in [3.05, 3.63) is 45.7 Å². The van der Waals surface area contributed by atoms with Crippen LogP contribution in [0.5, 0.6) is 0 Å². The van der Waals surface area contributed by atoms with Crippen molar-refractivity contribution < 1.29 is 9.59 Å². The van der Waals surface area contributed by atoms with Crippen LogP contribution in [0.4, 0.5) is 5.69 Å². The van der Waals surface area contributed by atoms with Gasteiger partial charge in [-0.05, 0) is 75.0 Å². The van der Waals surface area contributed by atoms with Crippen molar-refractivity contribution in [2.75, 3.05) is 50.7 Å². The number of hydrogen-bond acceptors (Lipinski definition) is 5. The SMILES string of the molecule is CC(=O)CC1CCN(C(=O)c2nn(CCN3CCN(c4cccc(Cl)c4C)CC3)c3c2[C@@H]2C[C@@H]2C3)CC1. The monoisotopic (exact) mass is 523 g/mol. The fraction of sp³-hybridized carbons (Fsp3) is 0.621. The van der Waals surface area contributed by atoms with Crippen LogP contribution in [-0.2, 0) is 17.8 Å². The number of piperidine rings is 1. The van der Waals surface area contributed by atoms with E-state index in [1.165, 1.54) is 23.4 Å². The number of benzene rings is 1. The molecule has 1 aromatic carbocycles. The summed E-state index contributed by atoms with van der Waals surface area (Å²) in [5.74, 6) is 2.04. The van der Waals surface area contributed by atoms with Crippen LogP contribution < -0.4 is 4.90 Å². The second-order valence-electron chi connectivity index (χ2n) is 11.6. The Morgan fingerprint density at radius 3 is 2.54 bits per heavy atom. The maximum absolute atomic E-state index is 13.6. The summed E-state index contributed by atoms with van der Waals surface area (Å²) in [5, 5.41) is 5.77. The van der Waals surface area contributed by atoms with E-state index in [1.807, 2.05) is 17.0 Å². The van der Waals surface area contributed by atoms with E-state index in [4.69, 9.17) is 16.7 Å². The first-order chi connectivity index (χ1) is 17.9. The number of nitrogens with zero attached hydrogens (tertiary/aromatic N) is 5. The predicted octanol–water partition coefficient (Wildman–Crippen LogP) is 4.16. The number of amides is 1. The molecule has 1 amide bonds. The average molecular weight is 524 g/mol. The van der Waals surface area contributed by atoms with Crippen molar-refractivity contribution >= 4 is 29.0 Å². The van der Waals surface area contributed by atoms with Gasteiger partial charge in [-0.2, -0.15) is 5.10 Å². The van der Waals surface area contributed by atoms with Gasteiger partial charge >= 0.3 is 0 Å². The van der Waals surface area contributed by atoms with Gasteiger partial charge in [0.15, 0.2) is 5.69 Å². The summed E-state index contributed by atoms with van der Waals surface area (Å²) in [7, 11) is 0. The van der Waals surface area contributed by atoms with Gasteiger partial charge in [0.25, 0.3) is 5.91 Å². The third kappa shape index (κ3) is 4.92. The van der Waals surface area contributed by atoms with Gasteiger partial charge in [0.2, 0.25) is 0 Å². The highest BCUT2D eigenvalue weighted by atomic mass is 35.5. The third-order valence-corrected chi connectivity index (χ3v) is 9.52. The average Bonchev–Trinajstić information content (AvgIpc) is 3.41. The Bertz CT molecular complexity index is 1190. The number of Topliss-reactive ketones (excluding diaryl/α,β-unsaturated/α-hetero) is 1. The molecule has 0 unspecified atom stereocenters. The smallest absolute Gasteiger partial charge is 0.274 e. The van der Waals surface area contributed by atoms with Gasteiger partial charge in [0.1, 0.15) is 5.78 Å². The maximum Gasteiger partial charge on any atom is 0.274 e. The van der Waals surface area contributed by atoms with Crippen LogP contribution in [0.2, 0.25) is 5.02 Å². The molecule has 198 valence electrons. The zero-order chi connectivity index (χ0) is 25.7. The number of piperazine rings is 1. The lowest BCUT2D eigenvalue weighted by atomic mass is 9.92.